The van der Waals surface area contributed by atoms with Gasteiger partial charge in [0, 0.05) is 6.54 Å². The van der Waals surface area contributed by atoms with E-state index in [4.69, 9.17) is 0 Å². The van der Waals surface area contributed by atoms with Crippen LogP contribution in [0.5, 0.6) is 0 Å². The van der Waals surface area contributed by atoms with E-state index < -0.39 is 0 Å². The van der Waals surface area contributed by atoms with Crippen LogP contribution in [0.1, 0.15) is 71.1 Å². The van der Waals surface area contributed by atoms with Crippen LogP contribution in [0, 0.1) is 0 Å². The Morgan fingerprint density at radius 1 is 0.913 bits per heavy atom. The molecule has 1 aromatic heterocycles. The summed E-state index contributed by atoms with van der Waals surface area (Å²) in [5.41, 5.74) is 1.90. The zero-order valence-corrected chi connectivity index (χ0v) is 14.6. The maximum atomic E-state index is 3.85. The number of aromatic nitrogens is 3. The van der Waals surface area contributed by atoms with E-state index in [0.29, 0.717) is 0 Å². The van der Waals surface area contributed by atoms with E-state index in [1.54, 1.807) is 0 Å². The van der Waals surface area contributed by atoms with E-state index in [1.165, 1.54) is 64.2 Å². The van der Waals surface area contributed by atoms with E-state index in [9.17, 15) is 0 Å². The van der Waals surface area contributed by atoms with Gasteiger partial charge in [0.15, 0.2) is 0 Å². The molecule has 4 heteroatoms. The number of hydrogen-bond donors (Lipinski definition) is 1. The summed E-state index contributed by atoms with van der Waals surface area (Å²) in [6.07, 6.45) is 13.9. The fourth-order valence-electron chi connectivity index (χ4n) is 2.50. The summed E-state index contributed by atoms with van der Waals surface area (Å²) >= 11 is 0. The van der Waals surface area contributed by atoms with Gasteiger partial charge in [0.2, 0.25) is 0 Å². The van der Waals surface area contributed by atoms with Gasteiger partial charge in [-0.25, -0.2) is 0 Å². The van der Waals surface area contributed by atoms with Gasteiger partial charge in [-0.1, -0.05) is 82.1 Å². The second kappa shape index (κ2) is 13.9. The normalized spacial score (nSPS) is 10.3. The maximum Gasteiger partial charge on any atom is 0.112 e. The average molecular weight is 316 g/mol. The average Bonchev–Trinajstić information content (AvgIpc) is 3.06. The van der Waals surface area contributed by atoms with E-state index in [1.807, 2.05) is 24.3 Å². The maximum absolute atomic E-state index is 3.85. The smallest absolute Gasteiger partial charge is 0.112 e. The lowest BCUT2D eigenvalue weighted by Crippen LogP contribution is -1.83. The standard InChI is InChI=1S/C13H27N.C6H5N3/c1-3-4-5-6-7-8-9-10-11-12-13-14-2;1-2-4-6-5(3-1)7-9-8-6/h2-13H2,1H3;1-4H,(H,7,8,9). The van der Waals surface area contributed by atoms with Crippen molar-refractivity contribution in [1.29, 1.82) is 0 Å². The molecule has 2 rings (SSSR count). The number of rotatable bonds is 11. The van der Waals surface area contributed by atoms with Crippen LogP contribution in [0.15, 0.2) is 29.3 Å². The van der Waals surface area contributed by atoms with E-state index >= 15 is 0 Å². The third kappa shape index (κ3) is 9.82. The van der Waals surface area contributed by atoms with Crippen molar-refractivity contribution in [2.45, 2.75) is 71.1 Å². The van der Waals surface area contributed by atoms with Crippen molar-refractivity contribution in [2.24, 2.45) is 4.99 Å². The fraction of sp³-hybridized carbons (Fsp3) is 0.632. The van der Waals surface area contributed by atoms with Gasteiger partial charge in [-0.2, -0.15) is 0 Å². The molecule has 0 unspecified atom stereocenters. The molecule has 0 aliphatic carbocycles. The highest BCUT2D eigenvalue weighted by molar-refractivity contribution is 5.72. The van der Waals surface area contributed by atoms with Crippen molar-refractivity contribution in [3.63, 3.8) is 0 Å². The third-order valence-corrected chi connectivity index (χ3v) is 3.90. The minimum Gasteiger partial charge on any atom is -0.301 e. The van der Waals surface area contributed by atoms with Crippen LogP contribution in [0.25, 0.3) is 11.0 Å². The zero-order valence-electron chi connectivity index (χ0n) is 14.6. The summed E-state index contributed by atoms with van der Waals surface area (Å²) in [6.45, 7) is 6.71. The Morgan fingerprint density at radius 2 is 1.52 bits per heavy atom. The van der Waals surface area contributed by atoms with Crippen LogP contribution in [-0.4, -0.2) is 28.7 Å². The summed E-state index contributed by atoms with van der Waals surface area (Å²) in [4.78, 5) is 3.85. The Kier molecular flexibility index (Phi) is 11.7. The molecule has 0 radical (unpaired) electrons. The molecule has 0 saturated heterocycles. The first kappa shape index (κ1) is 19.3. The molecule has 0 amide bonds. The second-order valence-electron chi connectivity index (χ2n) is 5.96. The van der Waals surface area contributed by atoms with Crippen LogP contribution in [0.4, 0.5) is 0 Å². The fourth-order valence-corrected chi connectivity index (χ4v) is 2.50. The third-order valence-electron chi connectivity index (χ3n) is 3.90. The van der Waals surface area contributed by atoms with Crippen molar-refractivity contribution >= 4 is 17.8 Å². The SMILES string of the molecule is C=NCCCCCCCCCCCC.c1ccc2[nH]nnc2c1. The van der Waals surface area contributed by atoms with Crippen molar-refractivity contribution in [2.75, 3.05) is 6.54 Å². The molecule has 1 aromatic carbocycles. The molecular formula is C19H32N4. The molecule has 0 saturated carbocycles. The highest BCUT2D eigenvalue weighted by Crippen LogP contribution is 2.10. The Bertz CT molecular complexity index is 477. The number of nitrogens with one attached hydrogen (secondary N) is 1. The van der Waals surface area contributed by atoms with Gasteiger partial charge in [0.25, 0.3) is 0 Å². The molecule has 0 bridgehead atoms. The van der Waals surface area contributed by atoms with Crippen molar-refractivity contribution in [3.8, 4) is 0 Å². The number of para-hydroxylation sites is 1. The predicted octanol–water partition coefficient (Wildman–Crippen LogP) is 5.57. The minimum atomic E-state index is 0.914. The molecule has 0 aliphatic heterocycles. The number of unbranched alkanes of at least 4 members (excludes halogenated alkanes) is 9. The number of aromatic amines is 1. The molecular weight excluding hydrogens is 284 g/mol. The highest BCUT2D eigenvalue weighted by atomic mass is 15.3. The monoisotopic (exact) mass is 316 g/mol. The van der Waals surface area contributed by atoms with Gasteiger partial charge in [-0.05, 0) is 25.3 Å². The first-order valence-corrected chi connectivity index (χ1v) is 9.06. The lowest BCUT2D eigenvalue weighted by Gasteiger charge is -2.00. The van der Waals surface area contributed by atoms with Crippen molar-refractivity contribution in [3.05, 3.63) is 24.3 Å². The summed E-state index contributed by atoms with van der Waals surface area (Å²) in [5, 5.41) is 10.2. The van der Waals surface area contributed by atoms with E-state index in [-0.39, 0.29) is 0 Å². The van der Waals surface area contributed by atoms with Crippen LogP contribution < -0.4 is 0 Å². The number of aliphatic imine (C=N–C) groups is 1. The van der Waals surface area contributed by atoms with Crippen LogP contribution >= 0.6 is 0 Å². The van der Waals surface area contributed by atoms with Gasteiger partial charge >= 0.3 is 0 Å². The predicted molar refractivity (Wildman–Crippen MR) is 100 cm³/mol. The molecule has 23 heavy (non-hydrogen) atoms. The van der Waals surface area contributed by atoms with Crippen molar-refractivity contribution in [1.82, 2.24) is 15.4 Å². The Balaban J connectivity index is 0.000000248. The number of hydrogen-bond acceptors (Lipinski definition) is 3. The Morgan fingerprint density at radius 3 is 2.13 bits per heavy atom. The van der Waals surface area contributed by atoms with E-state index in [2.05, 4.69) is 34.0 Å². The lowest BCUT2D eigenvalue weighted by molar-refractivity contribution is 0.558. The van der Waals surface area contributed by atoms with Gasteiger partial charge < -0.3 is 4.99 Å². The topological polar surface area (TPSA) is 53.9 Å². The molecule has 4 nitrogen and oxygen atoms in total. The molecule has 0 aliphatic rings. The minimum absolute atomic E-state index is 0.914. The molecule has 128 valence electrons. The number of fused-ring (bicyclic) bond motifs is 1. The van der Waals surface area contributed by atoms with Crippen LogP contribution in [0.3, 0.4) is 0 Å². The van der Waals surface area contributed by atoms with Crippen molar-refractivity contribution < 1.29 is 0 Å². The summed E-state index contributed by atoms with van der Waals surface area (Å²) in [7, 11) is 0. The van der Waals surface area contributed by atoms with Gasteiger partial charge in [0.05, 0.1) is 5.52 Å². The number of H-pyrrole nitrogens is 1. The van der Waals surface area contributed by atoms with Gasteiger partial charge in [0.1, 0.15) is 5.52 Å². The number of nitrogens with zero attached hydrogens (tertiary/aromatic N) is 3. The molecule has 0 atom stereocenters. The highest BCUT2D eigenvalue weighted by Gasteiger charge is 1.91. The summed E-state index contributed by atoms with van der Waals surface area (Å²) < 4.78 is 0. The van der Waals surface area contributed by atoms with Gasteiger partial charge in [-0.3, -0.25) is 5.10 Å². The van der Waals surface area contributed by atoms with Crippen LogP contribution in [-0.2, 0) is 0 Å². The van der Waals surface area contributed by atoms with Gasteiger partial charge in [-0.15, -0.1) is 5.10 Å². The molecule has 0 spiro atoms. The molecule has 1 N–H and O–H groups in total. The second-order valence-corrected chi connectivity index (χ2v) is 5.96. The quantitative estimate of drug-likeness (QED) is 0.435. The Hall–Kier alpha value is -1.71. The molecule has 2 aromatic rings. The molecule has 1 heterocycles. The summed E-state index contributed by atoms with van der Waals surface area (Å²) in [5.74, 6) is 0. The van der Waals surface area contributed by atoms with E-state index in [0.717, 1.165) is 17.6 Å². The Labute approximate surface area is 140 Å². The first-order chi connectivity index (χ1) is 11.4. The first-order valence-electron chi connectivity index (χ1n) is 9.06. The van der Waals surface area contributed by atoms with Crippen LogP contribution in [0.2, 0.25) is 0 Å². The zero-order chi connectivity index (χ0) is 16.6. The largest absolute Gasteiger partial charge is 0.301 e. The molecule has 0 fully saturated rings. The number of benzene rings is 1. The summed E-state index contributed by atoms with van der Waals surface area (Å²) in [6, 6.07) is 7.74. The lowest BCUT2D eigenvalue weighted by atomic mass is 10.1.